The summed E-state index contributed by atoms with van der Waals surface area (Å²) in [5.74, 6) is 1.18. The van der Waals surface area contributed by atoms with E-state index in [0.29, 0.717) is 31.3 Å². The van der Waals surface area contributed by atoms with Crippen LogP contribution in [0.2, 0.25) is 0 Å². The maximum absolute atomic E-state index is 14.7. The number of rotatable bonds is 5. The van der Waals surface area contributed by atoms with Gasteiger partial charge in [0.15, 0.2) is 5.78 Å². The van der Waals surface area contributed by atoms with Gasteiger partial charge in [0, 0.05) is 31.8 Å². The molecule has 1 saturated heterocycles. The average molecular weight is 695 g/mol. The molecule has 0 aromatic carbocycles. The lowest BCUT2D eigenvalue weighted by molar-refractivity contribution is -0.232. The van der Waals surface area contributed by atoms with Crippen LogP contribution < -0.4 is 5.32 Å². The number of likely N-dealkylation sites (tertiary alicyclic amines) is 1. The second-order valence-corrected chi connectivity index (χ2v) is 19.9. The van der Waals surface area contributed by atoms with Crippen molar-refractivity contribution in [3.8, 4) is 0 Å². The Kier molecular flexibility index (Phi) is 9.24. The normalized spacial score (nSPS) is 40.8. The summed E-state index contributed by atoms with van der Waals surface area (Å²) in [5.41, 5.74) is 0.739. The molecule has 5 fully saturated rings. The van der Waals surface area contributed by atoms with E-state index < -0.39 is 11.0 Å². The molecule has 6 rings (SSSR count). The minimum atomic E-state index is -0.815. The van der Waals surface area contributed by atoms with E-state index in [2.05, 4.69) is 53.8 Å². The molecule has 0 spiro atoms. The molecule has 2 amide bonds. The van der Waals surface area contributed by atoms with E-state index in [1.807, 2.05) is 20.8 Å². The van der Waals surface area contributed by atoms with Crippen LogP contribution in [0.4, 0.5) is 4.79 Å². The number of nitrogens with zero attached hydrogens (tertiary/aromatic N) is 1. The molecule has 6 aliphatic rings. The van der Waals surface area contributed by atoms with Crippen LogP contribution in [0.25, 0.3) is 0 Å². The highest BCUT2D eigenvalue weighted by Crippen LogP contribution is 2.76. The molecule has 8 nitrogen and oxygen atoms in total. The van der Waals surface area contributed by atoms with Gasteiger partial charge in [-0.1, -0.05) is 48.5 Å². The predicted molar refractivity (Wildman–Crippen MR) is 194 cm³/mol. The largest absolute Gasteiger partial charge is 0.462 e. The minimum Gasteiger partial charge on any atom is -0.462 e. The van der Waals surface area contributed by atoms with Gasteiger partial charge in [-0.15, -0.1) is 0 Å². The van der Waals surface area contributed by atoms with Gasteiger partial charge in [-0.05, 0) is 136 Å². The van der Waals surface area contributed by atoms with E-state index in [0.717, 1.165) is 68.9 Å². The third kappa shape index (κ3) is 5.58. The fraction of sp³-hybridized carbons (Fsp3) is 0.857. The number of amides is 2. The number of carbonyl (C=O) groups excluding carboxylic acids is 4. The quantitative estimate of drug-likeness (QED) is 0.290. The molecule has 0 bridgehead atoms. The first-order valence-corrected chi connectivity index (χ1v) is 19.9. The Morgan fingerprint density at radius 3 is 2.24 bits per heavy atom. The fourth-order valence-corrected chi connectivity index (χ4v) is 13.3. The highest BCUT2D eigenvalue weighted by molar-refractivity contribution is 6.07. The van der Waals surface area contributed by atoms with Crippen LogP contribution in [0.5, 0.6) is 0 Å². The molecule has 1 N–H and O–H groups in total. The number of fused-ring (bicyclic) bond motifs is 7. The Morgan fingerprint density at radius 2 is 1.60 bits per heavy atom. The summed E-state index contributed by atoms with van der Waals surface area (Å²) in [6, 6.07) is -0.112. The van der Waals surface area contributed by atoms with E-state index in [9.17, 15) is 19.2 Å². The maximum atomic E-state index is 14.7. The molecule has 9 atom stereocenters. The molecule has 3 unspecified atom stereocenters. The van der Waals surface area contributed by atoms with Crippen molar-refractivity contribution in [3.05, 3.63) is 11.1 Å². The zero-order chi connectivity index (χ0) is 36.8. The summed E-state index contributed by atoms with van der Waals surface area (Å²) in [5, 5.41) is 3.32. The third-order valence-electron chi connectivity index (χ3n) is 15.6. The summed E-state index contributed by atoms with van der Waals surface area (Å²) >= 11 is 0. The molecule has 1 aliphatic heterocycles. The molecular weight excluding hydrogens is 628 g/mol. The van der Waals surface area contributed by atoms with E-state index >= 15 is 0 Å². The Balaban J connectivity index is 1.29. The van der Waals surface area contributed by atoms with Gasteiger partial charge in [-0.25, -0.2) is 4.79 Å². The topological polar surface area (TPSA) is 102 Å². The van der Waals surface area contributed by atoms with Crippen LogP contribution in [-0.2, 0) is 23.9 Å². The number of Topliss-reactive ketones (excluding diaryl/α,β-unsaturated/α-hetero) is 1. The van der Waals surface area contributed by atoms with Gasteiger partial charge in [0.05, 0.1) is 11.5 Å². The van der Waals surface area contributed by atoms with Crippen molar-refractivity contribution in [2.75, 3.05) is 13.1 Å². The SMILES string of the molecule is CC(=O)O[C@H]1CC[C@@]2(C)C(CC[C@]3(C)C2CCC2C4=C(C(C)C)C(=O)C[C@]4(C(=O)NC[C@H]4CCCN4C(=O)OC(C)(C)C)CC[C@]23C)C1(C)C. The predicted octanol–water partition coefficient (Wildman–Crippen LogP) is 8.41. The van der Waals surface area contributed by atoms with E-state index in [4.69, 9.17) is 9.47 Å². The fourth-order valence-electron chi connectivity index (χ4n) is 13.3. The zero-order valence-electron chi connectivity index (χ0n) is 33.1. The van der Waals surface area contributed by atoms with Gasteiger partial charge in [0.2, 0.25) is 5.91 Å². The van der Waals surface area contributed by atoms with Crippen molar-refractivity contribution in [1.82, 2.24) is 10.2 Å². The molecule has 1 heterocycles. The summed E-state index contributed by atoms with van der Waals surface area (Å²) in [6.45, 7) is 24.7. The standard InChI is InChI=1S/C42H66N2O6/c1-25(2)33-29(46)23-42(35(47)43-24-27-13-12-22-44(27)36(48)50-37(4,5)6)21-20-40(10)28(34(33)42)14-15-31-39(9)18-17-32(49-26(3)45)38(7,8)30(39)16-19-41(31,40)11/h25,27-28,30-32H,12-24H2,1-11H3,(H,43,47)/t27-,28?,30?,31?,32+,39+,40-,41-,42-/m1/s1. The first kappa shape index (κ1) is 37.4. The Morgan fingerprint density at radius 1 is 0.900 bits per heavy atom. The second kappa shape index (κ2) is 12.4. The van der Waals surface area contributed by atoms with Gasteiger partial charge >= 0.3 is 12.1 Å². The first-order chi connectivity index (χ1) is 23.1. The third-order valence-corrected chi connectivity index (χ3v) is 15.6. The number of hydrogen-bond acceptors (Lipinski definition) is 6. The number of carbonyl (C=O) groups is 4. The van der Waals surface area contributed by atoms with Gasteiger partial charge < -0.3 is 19.7 Å². The van der Waals surface area contributed by atoms with Gasteiger partial charge in [0.1, 0.15) is 11.7 Å². The smallest absolute Gasteiger partial charge is 0.410 e. The average Bonchev–Trinajstić information content (AvgIpc) is 3.59. The Bertz CT molecular complexity index is 1460. The highest BCUT2D eigenvalue weighted by Gasteiger charge is 2.71. The van der Waals surface area contributed by atoms with Crippen molar-refractivity contribution in [2.24, 2.45) is 50.7 Å². The molecule has 0 radical (unpaired) electrons. The molecule has 50 heavy (non-hydrogen) atoms. The summed E-state index contributed by atoms with van der Waals surface area (Å²) in [6.07, 6.45) is 9.47. The zero-order valence-corrected chi connectivity index (χ0v) is 33.1. The van der Waals surface area contributed by atoms with Gasteiger partial charge in [-0.2, -0.15) is 0 Å². The molecule has 0 aromatic rings. The Labute approximate surface area is 301 Å². The van der Waals surface area contributed by atoms with Crippen molar-refractivity contribution in [3.63, 3.8) is 0 Å². The van der Waals surface area contributed by atoms with Crippen molar-refractivity contribution >= 4 is 23.8 Å². The second-order valence-electron chi connectivity index (χ2n) is 19.9. The summed E-state index contributed by atoms with van der Waals surface area (Å²) < 4.78 is 11.6. The molecule has 4 saturated carbocycles. The van der Waals surface area contributed by atoms with Crippen LogP contribution >= 0.6 is 0 Å². The Hall–Kier alpha value is -2.38. The molecule has 5 aliphatic carbocycles. The lowest BCUT2D eigenvalue weighted by Crippen LogP contribution is -2.66. The number of ether oxygens (including phenoxy) is 2. The van der Waals surface area contributed by atoms with E-state index in [1.165, 1.54) is 6.92 Å². The lowest BCUT2D eigenvalue weighted by atomic mass is 9.33. The van der Waals surface area contributed by atoms with E-state index in [-0.39, 0.29) is 75.8 Å². The molecule has 280 valence electrons. The number of allylic oxidation sites excluding steroid dienone is 1. The first-order valence-electron chi connectivity index (χ1n) is 19.9. The van der Waals surface area contributed by atoms with Crippen LogP contribution in [-0.4, -0.2) is 59.5 Å². The lowest BCUT2D eigenvalue weighted by Gasteiger charge is -2.72. The van der Waals surface area contributed by atoms with Gasteiger partial charge in [0.25, 0.3) is 0 Å². The maximum Gasteiger partial charge on any atom is 0.410 e. The highest BCUT2D eigenvalue weighted by atomic mass is 16.6. The van der Waals surface area contributed by atoms with Crippen LogP contribution in [0.15, 0.2) is 11.1 Å². The molecular formula is C42H66N2O6. The van der Waals surface area contributed by atoms with Crippen LogP contribution in [0, 0.1) is 50.7 Å². The van der Waals surface area contributed by atoms with Crippen molar-refractivity contribution in [1.29, 1.82) is 0 Å². The minimum absolute atomic E-state index is 0.0249. The summed E-state index contributed by atoms with van der Waals surface area (Å²) in [7, 11) is 0. The monoisotopic (exact) mass is 694 g/mol. The van der Waals surface area contributed by atoms with Crippen LogP contribution in [0.1, 0.15) is 147 Å². The number of esters is 1. The number of ketones is 1. The van der Waals surface area contributed by atoms with Crippen LogP contribution in [0.3, 0.4) is 0 Å². The van der Waals surface area contributed by atoms with E-state index in [1.54, 1.807) is 4.90 Å². The molecule has 0 aromatic heterocycles. The summed E-state index contributed by atoms with van der Waals surface area (Å²) in [4.78, 5) is 55.6. The van der Waals surface area contributed by atoms with Crippen molar-refractivity contribution < 1.29 is 28.7 Å². The number of hydrogen-bond donors (Lipinski definition) is 1. The van der Waals surface area contributed by atoms with Crippen molar-refractivity contribution in [2.45, 2.75) is 165 Å². The van der Waals surface area contributed by atoms with Gasteiger partial charge in [-0.3, -0.25) is 14.4 Å². The molecule has 8 heteroatoms. The number of nitrogens with one attached hydrogen (secondary N) is 1.